The summed E-state index contributed by atoms with van der Waals surface area (Å²) >= 11 is 6.66. The fourth-order valence-electron chi connectivity index (χ4n) is 2.92. The molecule has 3 N–H and O–H groups in total. The Balaban J connectivity index is 1.80. The van der Waals surface area contributed by atoms with Crippen LogP contribution in [0.15, 0.2) is 28.2 Å². The molecule has 0 saturated carbocycles. The molecule has 2 saturated heterocycles. The molecule has 3 rings (SSSR count). The van der Waals surface area contributed by atoms with E-state index in [2.05, 4.69) is 56.4 Å². The molecule has 2 heterocycles. The number of hydrogen-bond acceptors (Lipinski definition) is 5. The molecule has 25 heavy (non-hydrogen) atoms. The van der Waals surface area contributed by atoms with Gasteiger partial charge in [0, 0.05) is 16.6 Å². The van der Waals surface area contributed by atoms with E-state index in [1.165, 1.54) is 16.0 Å². The van der Waals surface area contributed by atoms with Crippen LogP contribution in [0.4, 0.5) is 0 Å². The predicted molar refractivity (Wildman–Crippen MR) is 106 cm³/mol. The lowest BCUT2D eigenvalue weighted by molar-refractivity contribution is -0.0150. The average molecular weight is 380 g/mol. The van der Waals surface area contributed by atoms with Gasteiger partial charge in [0.05, 0.1) is 18.4 Å². The summed E-state index contributed by atoms with van der Waals surface area (Å²) in [6, 6.07) is 6.71. The van der Waals surface area contributed by atoms with Gasteiger partial charge in [0.2, 0.25) is 0 Å². The van der Waals surface area contributed by atoms with Crippen LogP contribution in [0.5, 0.6) is 0 Å². The van der Waals surface area contributed by atoms with Gasteiger partial charge < -0.3 is 15.2 Å². The zero-order valence-electron chi connectivity index (χ0n) is 15.0. The summed E-state index contributed by atoms with van der Waals surface area (Å²) in [6.07, 6.45) is 0.483. The number of nitrogens with zero attached hydrogens (tertiary/aromatic N) is 1. The topological polar surface area (TPSA) is 68.9 Å². The highest BCUT2D eigenvalue weighted by Gasteiger charge is 2.42. The molecule has 0 aliphatic carbocycles. The third kappa shape index (κ3) is 4.34. The summed E-state index contributed by atoms with van der Waals surface area (Å²) in [7, 11) is 0. The Bertz CT molecular complexity index is 700. The number of rotatable bonds is 3. The molecule has 0 radical (unpaired) electrons. The van der Waals surface area contributed by atoms with Crippen LogP contribution < -0.4 is 11.2 Å². The minimum atomic E-state index is -0.384. The van der Waals surface area contributed by atoms with E-state index in [0.717, 1.165) is 12.1 Å². The number of thiocarbonyl (C=S) groups is 1. The van der Waals surface area contributed by atoms with Crippen LogP contribution in [-0.2, 0) is 14.9 Å². The summed E-state index contributed by atoms with van der Waals surface area (Å²) in [5.41, 5.74) is 11.7. The second-order valence-electron chi connectivity index (χ2n) is 7.51. The van der Waals surface area contributed by atoms with Gasteiger partial charge in [-0.15, -0.1) is 11.8 Å². The molecule has 1 aromatic rings. The molecule has 7 heteroatoms. The zero-order valence-corrected chi connectivity index (χ0v) is 16.7. The molecule has 2 bridgehead atoms. The van der Waals surface area contributed by atoms with E-state index >= 15 is 0 Å². The number of thioether (sulfide) groups is 1. The molecular weight excluding hydrogens is 354 g/mol. The molecule has 0 amide bonds. The van der Waals surface area contributed by atoms with Crippen LogP contribution >= 0.6 is 24.0 Å². The summed E-state index contributed by atoms with van der Waals surface area (Å²) in [5.74, 6) is 0. The van der Waals surface area contributed by atoms with Gasteiger partial charge in [0.25, 0.3) is 0 Å². The van der Waals surface area contributed by atoms with Crippen molar-refractivity contribution < 1.29 is 9.47 Å². The van der Waals surface area contributed by atoms with E-state index in [9.17, 15) is 0 Å². The fraction of sp³-hybridized carbons (Fsp3) is 0.556. The molecule has 2 aliphatic rings. The molecule has 2 fully saturated rings. The molecule has 1 aromatic carbocycles. The molecule has 3 atom stereocenters. The van der Waals surface area contributed by atoms with Gasteiger partial charge in [-0.2, -0.15) is 5.10 Å². The number of fused-ring (bicyclic) bond motifs is 2. The first-order chi connectivity index (χ1) is 11.7. The van der Waals surface area contributed by atoms with Crippen LogP contribution in [-0.4, -0.2) is 35.1 Å². The van der Waals surface area contributed by atoms with Crippen molar-refractivity contribution in [1.82, 2.24) is 5.43 Å². The average Bonchev–Trinajstić information content (AvgIpc) is 2.94. The Morgan fingerprint density at radius 1 is 1.40 bits per heavy atom. The molecule has 0 aromatic heterocycles. The third-order valence-corrected chi connectivity index (χ3v) is 6.01. The standard InChI is InChI=1S/C18H25N3O2S2/c1-10-5-6-11(18(2,3)4)7-14(10)25-15-8-12(20-21-17(19)24)16-22-9-13(15)23-16/h5-7,13,15-16H,8-9H2,1-4H3,(H3,19,21,24)/b20-12-. The monoisotopic (exact) mass is 379 g/mol. The van der Waals surface area contributed by atoms with Crippen LogP contribution in [0.25, 0.3) is 0 Å². The van der Waals surface area contributed by atoms with E-state index in [1.54, 1.807) is 0 Å². The highest BCUT2D eigenvalue weighted by atomic mass is 32.2. The summed E-state index contributed by atoms with van der Waals surface area (Å²) < 4.78 is 11.7. The van der Waals surface area contributed by atoms with Crippen LogP contribution in [0.2, 0.25) is 0 Å². The lowest BCUT2D eigenvalue weighted by atomic mass is 9.87. The van der Waals surface area contributed by atoms with E-state index in [4.69, 9.17) is 27.4 Å². The van der Waals surface area contributed by atoms with E-state index in [-0.39, 0.29) is 28.2 Å². The Hall–Kier alpha value is -1.15. The molecular formula is C18H25N3O2S2. The van der Waals surface area contributed by atoms with Gasteiger partial charge in [-0.25, -0.2) is 0 Å². The first-order valence-electron chi connectivity index (χ1n) is 8.41. The van der Waals surface area contributed by atoms with Crippen molar-refractivity contribution in [3.8, 4) is 0 Å². The number of aryl methyl sites for hydroxylation is 1. The summed E-state index contributed by atoms with van der Waals surface area (Å²) in [6.45, 7) is 9.44. The van der Waals surface area contributed by atoms with Gasteiger partial charge in [-0.05, 0) is 41.7 Å². The highest BCUT2D eigenvalue weighted by Crippen LogP contribution is 2.39. The highest BCUT2D eigenvalue weighted by molar-refractivity contribution is 8.00. The van der Waals surface area contributed by atoms with Crippen LogP contribution in [0, 0.1) is 6.92 Å². The van der Waals surface area contributed by atoms with Crippen molar-refractivity contribution >= 4 is 34.8 Å². The van der Waals surface area contributed by atoms with Gasteiger partial charge in [-0.3, -0.25) is 5.43 Å². The first-order valence-corrected chi connectivity index (χ1v) is 9.69. The predicted octanol–water partition coefficient (Wildman–Crippen LogP) is 3.09. The van der Waals surface area contributed by atoms with Gasteiger partial charge >= 0.3 is 0 Å². The summed E-state index contributed by atoms with van der Waals surface area (Å²) in [5, 5.41) is 4.66. The normalized spacial score (nSPS) is 27.5. The van der Waals surface area contributed by atoms with Crippen molar-refractivity contribution in [2.24, 2.45) is 10.8 Å². The van der Waals surface area contributed by atoms with E-state index < -0.39 is 0 Å². The maximum Gasteiger partial charge on any atom is 0.199 e. The lowest BCUT2D eigenvalue weighted by Gasteiger charge is -2.29. The number of hydrazone groups is 1. The smallest absolute Gasteiger partial charge is 0.199 e. The number of nitrogens with two attached hydrogens (primary N) is 1. The lowest BCUT2D eigenvalue weighted by Crippen LogP contribution is -2.39. The van der Waals surface area contributed by atoms with E-state index in [1.807, 2.05) is 11.8 Å². The fourth-order valence-corrected chi connectivity index (χ4v) is 4.29. The van der Waals surface area contributed by atoms with E-state index in [0.29, 0.717) is 6.61 Å². The molecule has 2 aliphatic heterocycles. The van der Waals surface area contributed by atoms with Crippen molar-refractivity contribution in [2.75, 3.05) is 6.61 Å². The molecule has 5 nitrogen and oxygen atoms in total. The Morgan fingerprint density at radius 3 is 2.84 bits per heavy atom. The Morgan fingerprint density at radius 2 is 2.16 bits per heavy atom. The zero-order chi connectivity index (χ0) is 18.2. The van der Waals surface area contributed by atoms with Crippen LogP contribution in [0.1, 0.15) is 38.3 Å². The van der Waals surface area contributed by atoms with Gasteiger partial charge in [-0.1, -0.05) is 32.9 Å². The number of benzene rings is 1. The molecule has 0 spiro atoms. The SMILES string of the molecule is Cc1ccc(C(C)(C)C)cc1SC1C/C(=N/NC(N)=S)C2OCC1O2. The number of nitrogens with one attached hydrogen (secondary N) is 1. The minimum Gasteiger partial charge on any atom is -0.375 e. The molecule has 136 valence electrons. The van der Waals surface area contributed by atoms with Crippen molar-refractivity contribution in [2.45, 2.75) is 62.1 Å². The molecule has 3 unspecified atom stereocenters. The maximum absolute atomic E-state index is 5.97. The number of ether oxygens (including phenoxy) is 2. The third-order valence-electron chi connectivity index (χ3n) is 4.45. The second-order valence-corrected chi connectivity index (χ2v) is 9.23. The first kappa shape index (κ1) is 18.6. The summed E-state index contributed by atoms with van der Waals surface area (Å²) in [4.78, 5) is 1.29. The minimum absolute atomic E-state index is 0.0801. The Kier molecular flexibility index (Phi) is 5.39. The Labute approximate surface area is 158 Å². The largest absolute Gasteiger partial charge is 0.375 e. The van der Waals surface area contributed by atoms with Crippen molar-refractivity contribution in [3.63, 3.8) is 0 Å². The maximum atomic E-state index is 5.97. The quantitative estimate of drug-likeness (QED) is 0.621. The van der Waals surface area contributed by atoms with Gasteiger partial charge in [0.15, 0.2) is 11.4 Å². The second kappa shape index (κ2) is 7.23. The van der Waals surface area contributed by atoms with Crippen LogP contribution in [0.3, 0.4) is 0 Å². The number of hydrogen-bond donors (Lipinski definition) is 2. The van der Waals surface area contributed by atoms with Crippen molar-refractivity contribution in [1.29, 1.82) is 0 Å². The van der Waals surface area contributed by atoms with Crippen molar-refractivity contribution in [3.05, 3.63) is 29.3 Å². The van der Waals surface area contributed by atoms with Gasteiger partial charge in [0.1, 0.15) is 0 Å².